The molecule has 0 aliphatic carbocycles. The SMILES string of the molecule is CC(=O)c1ccc2ccccc2c1OCCC(C)CCCl. The number of hydrogen-bond acceptors (Lipinski definition) is 2. The standard InChI is InChI=1S/C18H21ClO2/c1-13(9-11-19)10-12-21-18-16(14(2)20)8-7-15-5-3-4-6-17(15)18/h3-8,13H,9-12H2,1-2H3. The number of carbonyl (C=O) groups is 1. The molecular formula is C18H21ClO2. The van der Waals surface area contributed by atoms with Crippen LogP contribution < -0.4 is 4.74 Å². The summed E-state index contributed by atoms with van der Waals surface area (Å²) in [5.74, 6) is 1.94. The number of carbonyl (C=O) groups excluding carboxylic acids is 1. The molecule has 0 spiro atoms. The van der Waals surface area contributed by atoms with Crippen molar-refractivity contribution in [2.75, 3.05) is 12.5 Å². The molecule has 0 radical (unpaired) electrons. The van der Waals surface area contributed by atoms with Crippen molar-refractivity contribution in [3.8, 4) is 5.75 Å². The Labute approximate surface area is 131 Å². The summed E-state index contributed by atoms with van der Waals surface area (Å²) in [5.41, 5.74) is 0.652. The number of alkyl halides is 1. The van der Waals surface area contributed by atoms with E-state index in [1.165, 1.54) is 0 Å². The molecule has 2 aromatic carbocycles. The number of halogens is 1. The molecule has 0 saturated carbocycles. The predicted octanol–water partition coefficient (Wildman–Crippen LogP) is 5.08. The molecule has 0 bridgehead atoms. The first-order chi connectivity index (χ1) is 10.1. The highest BCUT2D eigenvalue weighted by atomic mass is 35.5. The van der Waals surface area contributed by atoms with Gasteiger partial charge in [-0.05, 0) is 37.1 Å². The molecule has 1 atom stereocenters. The van der Waals surface area contributed by atoms with Gasteiger partial charge in [0.1, 0.15) is 5.75 Å². The molecular weight excluding hydrogens is 284 g/mol. The Morgan fingerprint density at radius 2 is 1.95 bits per heavy atom. The highest BCUT2D eigenvalue weighted by Gasteiger charge is 2.13. The lowest BCUT2D eigenvalue weighted by Gasteiger charge is -2.15. The molecule has 0 amide bonds. The van der Waals surface area contributed by atoms with Crippen LogP contribution in [0, 0.1) is 5.92 Å². The van der Waals surface area contributed by atoms with Crippen LogP contribution in [0.5, 0.6) is 5.75 Å². The predicted molar refractivity (Wildman–Crippen MR) is 88.6 cm³/mol. The molecule has 0 fully saturated rings. The zero-order chi connectivity index (χ0) is 15.2. The zero-order valence-corrected chi connectivity index (χ0v) is 13.3. The molecule has 2 nitrogen and oxygen atoms in total. The average molecular weight is 305 g/mol. The van der Waals surface area contributed by atoms with Gasteiger partial charge >= 0.3 is 0 Å². The Kier molecular flexibility index (Phi) is 5.63. The zero-order valence-electron chi connectivity index (χ0n) is 12.6. The molecule has 0 N–H and O–H groups in total. The maximum absolute atomic E-state index is 11.8. The highest BCUT2D eigenvalue weighted by molar-refractivity contribution is 6.17. The molecule has 0 aliphatic heterocycles. The Hall–Kier alpha value is -1.54. The third kappa shape index (κ3) is 3.98. The van der Waals surface area contributed by atoms with E-state index in [1.54, 1.807) is 6.92 Å². The number of ketones is 1. The van der Waals surface area contributed by atoms with Gasteiger partial charge in [0.2, 0.25) is 0 Å². The fraction of sp³-hybridized carbons (Fsp3) is 0.389. The van der Waals surface area contributed by atoms with Crippen LogP contribution >= 0.6 is 11.6 Å². The molecule has 21 heavy (non-hydrogen) atoms. The molecule has 1 unspecified atom stereocenters. The summed E-state index contributed by atoms with van der Waals surface area (Å²) in [5, 5.41) is 2.08. The van der Waals surface area contributed by atoms with Crippen molar-refractivity contribution in [1.29, 1.82) is 0 Å². The Morgan fingerprint density at radius 3 is 2.67 bits per heavy atom. The van der Waals surface area contributed by atoms with Crippen molar-refractivity contribution in [3.63, 3.8) is 0 Å². The van der Waals surface area contributed by atoms with E-state index in [1.807, 2.05) is 36.4 Å². The fourth-order valence-corrected chi connectivity index (χ4v) is 2.74. The Balaban J connectivity index is 2.23. The van der Waals surface area contributed by atoms with Crippen LogP contribution in [-0.4, -0.2) is 18.3 Å². The number of Topliss-reactive ketones (excluding diaryl/α,β-unsaturated/α-hetero) is 1. The first-order valence-corrected chi connectivity index (χ1v) is 7.88. The first kappa shape index (κ1) is 15.8. The lowest BCUT2D eigenvalue weighted by atomic mass is 10.0. The summed E-state index contributed by atoms with van der Waals surface area (Å²) in [7, 11) is 0. The third-order valence-electron chi connectivity index (χ3n) is 3.72. The van der Waals surface area contributed by atoms with Crippen molar-refractivity contribution in [1.82, 2.24) is 0 Å². The summed E-state index contributed by atoms with van der Waals surface area (Å²) in [6.45, 7) is 4.35. The van der Waals surface area contributed by atoms with Crippen LogP contribution in [0.3, 0.4) is 0 Å². The maximum atomic E-state index is 11.8. The van der Waals surface area contributed by atoms with Crippen LogP contribution in [0.4, 0.5) is 0 Å². The first-order valence-electron chi connectivity index (χ1n) is 7.35. The fourth-order valence-electron chi connectivity index (χ4n) is 2.37. The van der Waals surface area contributed by atoms with Gasteiger partial charge in [0.25, 0.3) is 0 Å². The maximum Gasteiger partial charge on any atom is 0.163 e. The summed E-state index contributed by atoms with van der Waals surface area (Å²) < 4.78 is 5.96. The molecule has 3 heteroatoms. The number of rotatable bonds is 7. The van der Waals surface area contributed by atoms with Gasteiger partial charge in [-0.2, -0.15) is 0 Å². The molecule has 2 aromatic rings. The monoisotopic (exact) mass is 304 g/mol. The van der Waals surface area contributed by atoms with E-state index in [9.17, 15) is 4.79 Å². The third-order valence-corrected chi connectivity index (χ3v) is 3.94. The van der Waals surface area contributed by atoms with E-state index in [0.29, 0.717) is 29.7 Å². The quantitative estimate of drug-likeness (QED) is 0.527. The van der Waals surface area contributed by atoms with Gasteiger partial charge in [0.05, 0.1) is 12.2 Å². The second-order valence-electron chi connectivity index (χ2n) is 5.44. The van der Waals surface area contributed by atoms with Gasteiger partial charge in [-0.15, -0.1) is 11.6 Å². The minimum absolute atomic E-state index is 0.0320. The lowest BCUT2D eigenvalue weighted by Crippen LogP contribution is -2.07. The second-order valence-corrected chi connectivity index (χ2v) is 5.82. The van der Waals surface area contributed by atoms with Crippen LogP contribution in [0.25, 0.3) is 10.8 Å². The summed E-state index contributed by atoms with van der Waals surface area (Å²) in [6, 6.07) is 11.8. The molecule has 0 saturated heterocycles. The molecule has 112 valence electrons. The lowest BCUT2D eigenvalue weighted by molar-refractivity contribution is 0.101. The van der Waals surface area contributed by atoms with E-state index in [0.717, 1.165) is 23.6 Å². The van der Waals surface area contributed by atoms with Crippen LogP contribution in [0.1, 0.15) is 37.0 Å². The smallest absolute Gasteiger partial charge is 0.163 e. The van der Waals surface area contributed by atoms with E-state index in [2.05, 4.69) is 6.92 Å². The molecule has 0 aromatic heterocycles. The number of hydrogen-bond donors (Lipinski definition) is 0. The Morgan fingerprint density at radius 1 is 1.19 bits per heavy atom. The topological polar surface area (TPSA) is 26.3 Å². The van der Waals surface area contributed by atoms with Crippen molar-refractivity contribution in [2.24, 2.45) is 5.92 Å². The molecule has 0 heterocycles. The van der Waals surface area contributed by atoms with E-state index in [4.69, 9.17) is 16.3 Å². The number of benzene rings is 2. The summed E-state index contributed by atoms with van der Waals surface area (Å²) in [6.07, 6.45) is 1.92. The number of fused-ring (bicyclic) bond motifs is 1. The van der Waals surface area contributed by atoms with Crippen LogP contribution in [-0.2, 0) is 0 Å². The van der Waals surface area contributed by atoms with Gasteiger partial charge in [0, 0.05) is 11.3 Å². The summed E-state index contributed by atoms with van der Waals surface area (Å²) in [4.78, 5) is 11.8. The molecule has 2 rings (SSSR count). The van der Waals surface area contributed by atoms with Crippen molar-refractivity contribution in [3.05, 3.63) is 42.0 Å². The van der Waals surface area contributed by atoms with Crippen LogP contribution in [0.2, 0.25) is 0 Å². The van der Waals surface area contributed by atoms with Crippen molar-refractivity contribution in [2.45, 2.75) is 26.7 Å². The minimum atomic E-state index is 0.0320. The second kappa shape index (κ2) is 7.46. The van der Waals surface area contributed by atoms with Gasteiger partial charge in [0.15, 0.2) is 5.78 Å². The summed E-state index contributed by atoms with van der Waals surface area (Å²) >= 11 is 5.75. The molecule has 0 aliphatic rings. The van der Waals surface area contributed by atoms with Gasteiger partial charge in [-0.25, -0.2) is 0 Å². The van der Waals surface area contributed by atoms with E-state index < -0.39 is 0 Å². The van der Waals surface area contributed by atoms with Gasteiger partial charge in [-0.3, -0.25) is 4.79 Å². The van der Waals surface area contributed by atoms with E-state index in [-0.39, 0.29) is 5.78 Å². The van der Waals surface area contributed by atoms with Crippen LogP contribution in [0.15, 0.2) is 36.4 Å². The average Bonchev–Trinajstić information content (AvgIpc) is 2.47. The van der Waals surface area contributed by atoms with E-state index >= 15 is 0 Å². The highest BCUT2D eigenvalue weighted by Crippen LogP contribution is 2.30. The van der Waals surface area contributed by atoms with Crippen molar-refractivity contribution >= 4 is 28.2 Å². The Bertz CT molecular complexity index is 622. The minimum Gasteiger partial charge on any atom is -0.492 e. The number of ether oxygens (including phenoxy) is 1. The largest absolute Gasteiger partial charge is 0.492 e. The van der Waals surface area contributed by atoms with Gasteiger partial charge in [-0.1, -0.05) is 37.3 Å². The normalized spacial score (nSPS) is 12.3. The van der Waals surface area contributed by atoms with Gasteiger partial charge < -0.3 is 4.74 Å². The van der Waals surface area contributed by atoms with Crippen molar-refractivity contribution < 1.29 is 9.53 Å².